The Morgan fingerprint density at radius 1 is 1.03 bits per heavy atom. The van der Waals surface area contributed by atoms with Gasteiger partial charge in [-0.3, -0.25) is 4.79 Å². The number of piperidine rings is 1. The number of para-hydroxylation sites is 1. The molecule has 0 aliphatic carbocycles. The second-order valence-electron chi connectivity index (χ2n) is 9.29. The number of aromatic nitrogens is 3. The third-order valence-electron chi connectivity index (χ3n) is 6.44. The fourth-order valence-corrected chi connectivity index (χ4v) is 4.57. The van der Waals surface area contributed by atoms with E-state index in [1.807, 2.05) is 54.6 Å². The quantitative estimate of drug-likeness (QED) is 0.391. The fourth-order valence-electron chi connectivity index (χ4n) is 4.57. The maximum absolute atomic E-state index is 12.7. The number of nitrogens with zero attached hydrogens (tertiary/aromatic N) is 4. The predicted molar refractivity (Wildman–Crippen MR) is 137 cm³/mol. The molecule has 38 heavy (non-hydrogen) atoms. The van der Waals surface area contributed by atoms with E-state index < -0.39 is 12.1 Å². The first-order valence-electron chi connectivity index (χ1n) is 12.2. The second kappa shape index (κ2) is 11.6. The highest BCUT2D eigenvalue weighted by molar-refractivity contribution is 5.98. The van der Waals surface area contributed by atoms with Crippen LogP contribution in [0.2, 0.25) is 0 Å². The summed E-state index contributed by atoms with van der Waals surface area (Å²) in [5, 5.41) is 21.2. The van der Waals surface area contributed by atoms with E-state index in [1.54, 1.807) is 0 Å². The first kappa shape index (κ1) is 27.1. The molecule has 11 heteroatoms. The first-order valence-corrected chi connectivity index (χ1v) is 12.2. The number of likely N-dealkylation sites (tertiary alicyclic amines) is 1. The molecule has 2 N–H and O–H groups in total. The molecule has 0 spiro atoms. The molecule has 200 valence electrons. The molecule has 1 aliphatic heterocycles. The van der Waals surface area contributed by atoms with Crippen molar-refractivity contribution in [2.75, 3.05) is 19.6 Å². The lowest BCUT2D eigenvalue weighted by molar-refractivity contribution is -0.192. The van der Waals surface area contributed by atoms with Crippen molar-refractivity contribution in [1.82, 2.24) is 25.2 Å². The van der Waals surface area contributed by atoms with Gasteiger partial charge in [-0.05, 0) is 54.8 Å². The maximum Gasteiger partial charge on any atom is 0.490 e. The Balaban J connectivity index is 0.000000426. The third-order valence-corrected chi connectivity index (χ3v) is 6.44. The molecule has 3 aromatic carbocycles. The van der Waals surface area contributed by atoms with Gasteiger partial charge in [-0.25, -0.2) is 9.48 Å². The molecular formula is C27H28F3N5O3. The van der Waals surface area contributed by atoms with Gasteiger partial charge in [-0.1, -0.05) is 47.7 Å². The van der Waals surface area contributed by atoms with Crippen LogP contribution >= 0.6 is 0 Å². The van der Waals surface area contributed by atoms with Crippen LogP contribution in [-0.2, 0) is 4.79 Å². The Hall–Kier alpha value is -3.99. The number of hydrogen-bond acceptors (Lipinski definition) is 5. The van der Waals surface area contributed by atoms with Gasteiger partial charge in [0.15, 0.2) is 0 Å². The highest BCUT2D eigenvalue weighted by atomic mass is 19.4. The Morgan fingerprint density at radius 3 is 2.34 bits per heavy atom. The molecule has 1 aromatic heterocycles. The number of carboxylic acid groups (broad SMARTS) is 1. The zero-order valence-electron chi connectivity index (χ0n) is 20.7. The lowest BCUT2D eigenvalue weighted by Crippen LogP contribution is -2.45. The molecule has 0 saturated carbocycles. The van der Waals surface area contributed by atoms with E-state index in [4.69, 9.17) is 9.90 Å². The number of carboxylic acids is 1. The summed E-state index contributed by atoms with van der Waals surface area (Å²) >= 11 is 0. The highest BCUT2D eigenvalue weighted by Gasteiger charge is 2.38. The lowest BCUT2D eigenvalue weighted by Gasteiger charge is -2.33. The molecule has 1 saturated heterocycles. The summed E-state index contributed by atoms with van der Waals surface area (Å²) in [5.74, 6) is -2.77. The summed E-state index contributed by atoms with van der Waals surface area (Å²) < 4.78 is 33.8. The van der Waals surface area contributed by atoms with E-state index in [9.17, 15) is 18.0 Å². The average molecular weight is 528 g/mol. The Labute approximate surface area is 217 Å². The van der Waals surface area contributed by atoms with Gasteiger partial charge in [-0.2, -0.15) is 13.2 Å². The maximum atomic E-state index is 12.7. The van der Waals surface area contributed by atoms with Crippen LogP contribution in [0.25, 0.3) is 21.8 Å². The van der Waals surface area contributed by atoms with E-state index in [0.717, 1.165) is 54.3 Å². The van der Waals surface area contributed by atoms with Gasteiger partial charge in [-0.15, -0.1) is 5.10 Å². The molecule has 1 atom stereocenters. The minimum Gasteiger partial charge on any atom is -0.475 e. The van der Waals surface area contributed by atoms with E-state index in [0.29, 0.717) is 11.6 Å². The molecule has 0 radical (unpaired) electrons. The molecule has 1 aliphatic rings. The van der Waals surface area contributed by atoms with Gasteiger partial charge in [0.1, 0.15) is 5.52 Å². The number of rotatable bonds is 5. The molecular weight excluding hydrogens is 499 g/mol. The van der Waals surface area contributed by atoms with Gasteiger partial charge >= 0.3 is 12.1 Å². The van der Waals surface area contributed by atoms with Crippen LogP contribution in [0.4, 0.5) is 13.2 Å². The average Bonchev–Trinajstić information content (AvgIpc) is 3.33. The highest BCUT2D eigenvalue weighted by Crippen LogP contribution is 2.25. The van der Waals surface area contributed by atoms with Gasteiger partial charge in [0, 0.05) is 31.2 Å². The van der Waals surface area contributed by atoms with E-state index >= 15 is 0 Å². The molecule has 1 fully saturated rings. The second-order valence-corrected chi connectivity index (χ2v) is 9.29. The number of hydrogen-bond donors (Lipinski definition) is 2. The van der Waals surface area contributed by atoms with E-state index in [2.05, 4.69) is 44.3 Å². The zero-order valence-corrected chi connectivity index (χ0v) is 20.7. The minimum atomic E-state index is -5.08. The minimum absolute atomic E-state index is 0.0118. The number of nitrogens with one attached hydrogen (secondary N) is 1. The van der Waals surface area contributed by atoms with Crippen LogP contribution in [0.3, 0.4) is 0 Å². The van der Waals surface area contributed by atoms with Crippen LogP contribution in [-0.4, -0.2) is 68.7 Å². The van der Waals surface area contributed by atoms with Crippen LogP contribution < -0.4 is 5.32 Å². The van der Waals surface area contributed by atoms with Crippen LogP contribution in [0.15, 0.2) is 66.7 Å². The van der Waals surface area contributed by atoms with Crippen molar-refractivity contribution >= 4 is 33.7 Å². The van der Waals surface area contributed by atoms with Crippen molar-refractivity contribution in [2.45, 2.75) is 38.0 Å². The number of carbonyl (C=O) groups is 2. The summed E-state index contributed by atoms with van der Waals surface area (Å²) in [6.07, 6.45) is -3.00. The summed E-state index contributed by atoms with van der Waals surface area (Å²) in [4.78, 5) is 24.1. The molecule has 5 rings (SSSR count). The predicted octanol–water partition coefficient (Wildman–Crippen LogP) is 4.67. The topological polar surface area (TPSA) is 100 Å². The Kier molecular flexibility index (Phi) is 8.26. The number of aliphatic carboxylic acids is 1. The number of carbonyl (C=O) groups excluding carboxylic acids is 1. The summed E-state index contributed by atoms with van der Waals surface area (Å²) in [6, 6.07) is 22.6. The molecule has 4 aromatic rings. The van der Waals surface area contributed by atoms with Gasteiger partial charge in [0.05, 0.1) is 11.6 Å². The van der Waals surface area contributed by atoms with Crippen molar-refractivity contribution in [3.05, 3.63) is 72.3 Å². The van der Waals surface area contributed by atoms with Gasteiger partial charge in [0.25, 0.3) is 5.91 Å². The molecule has 0 unspecified atom stereocenters. The van der Waals surface area contributed by atoms with Crippen molar-refractivity contribution in [2.24, 2.45) is 0 Å². The smallest absolute Gasteiger partial charge is 0.475 e. The van der Waals surface area contributed by atoms with Crippen molar-refractivity contribution in [3.8, 4) is 0 Å². The van der Waals surface area contributed by atoms with Crippen LogP contribution in [0, 0.1) is 0 Å². The summed E-state index contributed by atoms with van der Waals surface area (Å²) in [6.45, 7) is 4.92. The normalized spacial score (nSPS) is 15.6. The number of benzene rings is 3. The van der Waals surface area contributed by atoms with E-state index in [-0.39, 0.29) is 11.9 Å². The van der Waals surface area contributed by atoms with E-state index in [1.165, 1.54) is 0 Å². The van der Waals surface area contributed by atoms with Crippen LogP contribution in [0.1, 0.15) is 36.2 Å². The lowest BCUT2D eigenvalue weighted by atomic mass is 10.0. The standard InChI is InChI=1S/C25H27N5O.C2HF3O2/c1-18(26-25(31)21-11-10-19-6-2-3-7-20(19)16-21)17-29-14-12-22(13-15-29)30-24-9-5-4-8-23(24)27-28-30;3-2(4,5)1(6)7/h2-11,16,18,22H,12-15,17H2,1H3,(H,26,31);(H,6,7)/t18-;/m1./s1. The monoisotopic (exact) mass is 527 g/mol. The van der Waals surface area contributed by atoms with Gasteiger partial charge < -0.3 is 15.3 Å². The number of fused-ring (bicyclic) bond motifs is 2. The Morgan fingerprint density at radius 2 is 1.66 bits per heavy atom. The fraction of sp³-hybridized carbons (Fsp3) is 0.333. The van der Waals surface area contributed by atoms with Crippen molar-refractivity contribution in [1.29, 1.82) is 0 Å². The molecule has 0 bridgehead atoms. The number of alkyl halides is 3. The molecule has 1 amide bonds. The zero-order chi connectivity index (χ0) is 27.3. The summed E-state index contributed by atoms with van der Waals surface area (Å²) in [7, 11) is 0. The third kappa shape index (κ3) is 6.65. The van der Waals surface area contributed by atoms with Gasteiger partial charge in [0.2, 0.25) is 0 Å². The number of amides is 1. The number of halogens is 3. The summed E-state index contributed by atoms with van der Waals surface area (Å²) in [5.41, 5.74) is 2.77. The van der Waals surface area contributed by atoms with Crippen molar-refractivity contribution in [3.63, 3.8) is 0 Å². The molecule has 2 heterocycles. The first-order chi connectivity index (χ1) is 18.1. The van der Waals surface area contributed by atoms with Crippen molar-refractivity contribution < 1.29 is 27.9 Å². The SMILES string of the molecule is C[C@H](CN1CCC(n2nnc3ccccc32)CC1)NC(=O)c1ccc2ccccc2c1.O=C(O)C(F)(F)F. The van der Waals surface area contributed by atoms with Crippen LogP contribution in [0.5, 0.6) is 0 Å². The largest absolute Gasteiger partial charge is 0.490 e. The Bertz CT molecular complexity index is 1410. The molecule has 8 nitrogen and oxygen atoms in total.